The van der Waals surface area contributed by atoms with E-state index < -0.39 is 6.04 Å². The van der Waals surface area contributed by atoms with Crippen LogP contribution < -0.4 is 4.90 Å². The topological polar surface area (TPSA) is 37.4 Å². The lowest BCUT2D eigenvalue weighted by molar-refractivity contribution is 0.0916. The number of carbonyl (C=O) groups is 2. The molecule has 3 aromatic rings. The smallest absolute Gasteiger partial charge is 0.259 e. The van der Waals surface area contributed by atoms with Crippen LogP contribution in [0.5, 0.6) is 0 Å². The molecular weight excluding hydrogens is 334 g/mol. The van der Waals surface area contributed by atoms with Crippen LogP contribution in [0.25, 0.3) is 0 Å². The number of hydrogen-bond donors (Lipinski definition) is 0. The normalized spacial score (nSPS) is 16.0. The van der Waals surface area contributed by atoms with Gasteiger partial charge in [0, 0.05) is 21.8 Å². The minimum Gasteiger partial charge on any atom is -0.293 e. The number of nitrogens with zero attached hydrogens (tertiary/aromatic N) is 1. The molecule has 0 bridgehead atoms. The molecule has 0 spiro atoms. The van der Waals surface area contributed by atoms with Gasteiger partial charge in [0.05, 0.1) is 0 Å². The van der Waals surface area contributed by atoms with Crippen molar-refractivity contribution in [2.45, 2.75) is 6.04 Å². The molecule has 0 aliphatic carbocycles. The first-order valence-corrected chi connectivity index (χ1v) is 8.32. The Kier molecular flexibility index (Phi) is 3.86. The van der Waals surface area contributed by atoms with Gasteiger partial charge in [-0.25, -0.2) is 0 Å². The predicted octanol–water partition coefficient (Wildman–Crippen LogP) is 4.92. The second-order valence-corrected chi connectivity index (χ2v) is 6.31. The number of anilines is 1. The van der Waals surface area contributed by atoms with E-state index in [2.05, 4.69) is 0 Å². The maximum atomic E-state index is 13.2. The average molecular weight is 348 g/mol. The Morgan fingerprint density at radius 3 is 2.20 bits per heavy atom. The summed E-state index contributed by atoms with van der Waals surface area (Å²) < 4.78 is 0. The lowest BCUT2D eigenvalue weighted by Crippen LogP contribution is -2.32. The number of benzene rings is 3. The highest BCUT2D eigenvalue weighted by molar-refractivity contribution is 6.31. The fourth-order valence-corrected chi connectivity index (χ4v) is 3.39. The Bertz CT molecular complexity index is 954. The van der Waals surface area contributed by atoms with Crippen molar-refractivity contribution in [1.82, 2.24) is 0 Å². The highest BCUT2D eigenvalue weighted by atomic mass is 35.5. The molecule has 25 heavy (non-hydrogen) atoms. The Hall–Kier alpha value is -2.91. The van der Waals surface area contributed by atoms with Crippen LogP contribution in [0.1, 0.15) is 32.3 Å². The quantitative estimate of drug-likeness (QED) is 0.630. The van der Waals surface area contributed by atoms with Crippen LogP contribution in [0, 0.1) is 0 Å². The first-order chi connectivity index (χ1) is 12.2. The highest BCUT2D eigenvalue weighted by Crippen LogP contribution is 2.40. The maximum Gasteiger partial charge on any atom is 0.259 e. The monoisotopic (exact) mass is 347 g/mol. The zero-order valence-electron chi connectivity index (χ0n) is 13.2. The lowest BCUT2D eigenvalue weighted by Gasteiger charge is -2.24. The molecule has 3 nitrogen and oxygen atoms in total. The molecule has 0 saturated carbocycles. The van der Waals surface area contributed by atoms with E-state index in [9.17, 15) is 9.59 Å². The van der Waals surface area contributed by atoms with Gasteiger partial charge in [0.2, 0.25) is 0 Å². The minimum absolute atomic E-state index is 0.126. The fourth-order valence-electron chi connectivity index (χ4n) is 3.21. The number of para-hydroxylation sites is 1. The van der Waals surface area contributed by atoms with E-state index in [1.54, 1.807) is 35.2 Å². The number of amides is 1. The van der Waals surface area contributed by atoms with Gasteiger partial charge in [-0.15, -0.1) is 0 Å². The summed E-state index contributed by atoms with van der Waals surface area (Å²) in [5.41, 5.74) is 2.42. The van der Waals surface area contributed by atoms with Crippen LogP contribution in [0.2, 0.25) is 5.02 Å². The summed E-state index contributed by atoms with van der Waals surface area (Å²) in [4.78, 5) is 27.8. The molecule has 0 fully saturated rings. The van der Waals surface area contributed by atoms with Gasteiger partial charge < -0.3 is 0 Å². The molecule has 1 amide bonds. The van der Waals surface area contributed by atoms with Crippen molar-refractivity contribution in [3.63, 3.8) is 0 Å². The van der Waals surface area contributed by atoms with E-state index in [-0.39, 0.29) is 11.7 Å². The van der Waals surface area contributed by atoms with E-state index in [4.69, 9.17) is 11.6 Å². The van der Waals surface area contributed by atoms with Crippen molar-refractivity contribution in [1.29, 1.82) is 0 Å². The van der Waals surface area contributed by atoms with Gasteiger partial charge in [-0.3, -0.25) is 14.5 Å². The minimum atomic E-state index is -0.717. The molecule has 4 rings (SSSR count). The molecule has 122 valence electrons. The van der Waals surface area contributed by atoms with Crippen LogP contribution in [0.4, 0.5) is 5.69 Å². The van der Waals surface area contributed by atoms with E-state index in [0.717, 1.165) is 0 Å². The summed E-state index contributed by atoms with van der Waals surface area (Å²) in [6, 6.07) is 22.6. The van der Waals surface area contributed by atoms with E-state index >= 15 is 0 Å². The summed E-state index contributed by atoms with van der Waals surface area (Å²) in [5, 5.41) is 0.507. The SMILES string of the molecule is O=C(c1ccccc1)C1c2cc(Cl)ccc2C(=O)N1c1ccccc1. The van der Waals surface area contributed by atoms with Crippen LogP contribution in [-0.2, 0) is 0 Å². The summed E-state index contributed by atoms with van der Waals surface area (Å²) in [5.74, 6) is -0.314. The fraction of sp³-hybridized carbons (Fsp3) is 0.0476. The molecular formula is C21H14ClNO2. The largest absolute Gasteiger partial charge is 0.293 e. The molecule has 1 unspecified atom stereocenters. The van der Waals surface area contributed by atoms with Crippen LogP contribution >= 0.6 is 11.6 Å². The third-order valence-electron chi connectivity index (χ3n) is 4.36. The Labute approximate surface area is 150 Å². The molecule has 0 N–H and O–H groups in total. The molecule has 4 heteroatoms. The molecule has 1 atom stereocenters. The molecule has 0 radical (unpaired) electrons. The van der Waals surface area contributed by atoms with Crippen molar-refractivity contribution >= 4 is 29.0 Å². The second kappa shape index (κ2) is 6.19. The molecule has 1 aliphatic heterocycles. The van der Waals surface area contributed by atoms with Crippen molar-refractivity contribution in [2.75, 3.05) is 4.90 Å². The molecule has 3 aromatic carbocycles. The lowest BCUT2D eigenvalue weighted by atomic mass is 9.96. The van der Waals surface area contributed by atoms with Crippen LogP contribution in [0.3, 0.4) is 0 Å². The van der Waals surface area contributed by atoms with Crippen molar-refractivity contribution in [3.8, 4) is 0 Å². The maximum absolute atomic E-state index is 13.2. The Balaban J connectivity index is 1.89. The molecule has 1 aliphatic rings. The van der Waals surface area contributed by atoms with Gasteiger partial charge in [0.1, 0.15) is 6.04 Å². The Morgan fingerprint density at radius 1 is 0.880 bits per heavy atom. The summed E-state index contributed by atoms with van der Waals surface area (Å²) in [7, 11) is 0. The molecule has 0 saturated heterocycles. The summed E-state index contributed by atoms with van der Waals surface area (Å²) >= 11 is 6.14. The zero-order chi connectivity index (χ0) is 17.4. The molecule has 1 heterocycles. The number of hydrogen-bond acceptors (Lipinski definition) is 2. The number of rotatable bonds is 3. The van der Waals surface area contributed by atoms with Gasteiger partial charge in [0.15, 0.2) is 5.78 Å². The van der Waals surface area contributed by atoms with Crippen molar-refractivity contribution < 1.29 is 9.59 Å². The van der Waals surface area contributed by atoms with E-state index in [0.29, 0.717) is 27.4 Å². The second-order valence-electron chi connectivity index (χ2n) is 5.88. The number of fused-ring (bicyclic) bond motifs is 1. The average Bonchev–Trinajstić information content (AvgIpc) is 2.94. The third-order valence-corrected chi connectivity index (χ3v) is 4.59. The van der Waals surface area contributed by atoms with E-state index in [1.165, 1.54) is 0 Å². The number of Topliss-reactive ketones (excluding diaryl/α,β-unsaturated/α-hetero) is 1. The predicted molar refractivity (Wildman–Crippen MR) is 98.2 cm³/mol. The first-order valence-electron chi connectivity index (χ1n) is 7.94. The zero-order valence-corrected chi connectivity index (χ0v) is 14.0. The van der Waals surface area contributed by atoms with Gasteiger partial charge in [-0.05, 0) is 35.9 Å². The summed E-state index contributed by atoms with van der Waals surface area (Å²) in [6.07, 6.45) is 0. The van der Waals surface area contributed by atoms with Gasteiger partial charge >= 0.3 is 0 Å². The highest BCUT2D eigenvalue weighted by Gasteiger charge is 2.42. The van der Waals surface area contributed by atoms with Gasteiger partial charge in [-0.1, -0.05) is 60.1 Å². The number of halogens is 1. The third kappa shape index (κ3) is 2.63. The van der Waals surface area contributed by atoms with Gasteiger partial charge in [0.25, 0.3) is 5.91 Å². The van der Waals surface area contributed by atoms with Crippen molar-refractivity contribution in [3.05, 3.63) is 101 Å². The number of ketones is 1. The van der Waals surface area contributed by atoms with E-state index in [1.807, 2.05) is 48.5 Å². The van der Waals surface area contributed by atoms with Crippen LogP contribution in [-0.4, -0.2) is 11.7 Å². The first kappa shape index (κ1) is 15.6. The van der Waals surface area contributed by atoms with Crippen molar-refractivity contribution in [2.24, 2.45) is 0 Å². The summed E-state index contributed by atoms with van der Waals surface area (Å²) in [6.45, 7) is 0. The van der Waals surface area contributed by atoms with Gasteiger partial charge in [-0.2, -0.15) is 0 Å². The van der Waals surface area contributed by atoms with Crippen LogP contribution in [0.15, 0.2) is 78.9 Å². The standard InChI is InChI=1S/C21H14ClNO2/c22-15-11-12-17-18(13-15)19(20(24)14-7-3-1-4-8-14)23(21(17)25)16-9-5-2-6-10-16/h1-13,19H. The molecule has 0 aromatic heterocycles. The number of carbonyl (C=O) groups excluding carboxylic acids is 2. The Morgan fingerprint density at radius 2 is 1.52 bits per heavy atom.